The molecule has 3 N–H and O–H groups in total. The number of imide groups is 2. The van der Waals surface area contributed by atoms with Crippen LogP contribution in [0.4, 0.5) is 28.7 Å². The highest BCUT2D eigenvalue weighted by Gasteiger charge is 2.45. The summed E-state index contributed by atoms with van der Waals surface area (Å²) in [7, 11) is 1.69. The molecule has 0 saturated carbocycles. The molecule has 1 aliphatic carbocycles. The van der Waals surface area contributed by atoms with E-state index in [0.29, 0.717) is 46.5 Å². The average Bonchev–Trinajstić information content (AvgIpc) is 3.83. The number of carbonyl (C=O) groups is 5. The topological polar surface area (TPSA) is 194 Å². The molecule has 2 atom stereocenters. The number of piperazine rings is 1. The highest BCUT2D eigenvalue weighted by Crippen LogP contribution is 2.40. The number of hydrogen-bond acceptors (Lipinski definition) is 14. The van der Waals surface area contributed by atoms with Crippen molar-refractivity contribution in [3.05, 3.63) is 109 Å². The predicted molar refractivity (Wildman–Crippen MR) is 257 cm³/mol. The number of hydrogen-bond donors (Lipinski definition) is 3. The van der Waals surface area contributed by atoms with E-state index in [4.69, 9.17) is 4.98 Å². The Kier molecular flexibility index (Phi) is 11.2. The van der Waals surface area contributed by atoms with Crippen LogP contribution in [0, 0.1) is 5.92 Å². The maximum Gasteiger partial charge on any atom is 0.274 e. The number of aliphatic hydroxyl groups is 1. The van der Waals surface area contributed by atoms with E-state index in [2.05, 4.69) is 37.2 Å². The molecule has 1 aromatic carbocycles. The van der Waals surface area contributed by atoms with Crippen LogP contribution in [0.5, 0.6) is 0 Å². The number of pyridine rings is 3. The van der Waals surface area contributed by atoms with Gasteiger partial charge in [0.25, 0.3) is 23.3 Å². The van der Waals surface area contributed by atoms with Crippen molar-refractivity contribution in [2.24, 2.45) is 13.0 Å². The van der Waals surface area contributed by atoms with E-state index in [1.165, 1.54) is 20.6 Å². The summed E-state index contributed by atoms with van der Waals surface area (Å²) in [5.41, 5.74) is 6.96. The van der Waals surface area contributed by atoms with E-state index in [0.717, 1.165) is 92.5 Å². The first-order valence-electron chi connectivity index (χ1n) is 23.5. The maximum absolute atomic E-state index is 14.0. The summed E-state index contributed by atoms with van der Waals surface area (Å²) in [6.45, 7) is 7.51. The smallest absolute Gasteiger partial charge is 0.274 e. The molecule has 3 fully saturated rings. The summed E-state index contributed by atoms with van der Waals surface area (Å²) in [4.78, 5) is 99.3. The predicted octanol–water partition coefficient (Wildman–Crippen LogP) is 4.27. The molecule has 0 radical (unpaired) electrons. The van der Waals surface area contributed by atoms with Gasteiger partial charge in [-0.3, -0.25) is 48.8 Å². The summed E-state index contributed by atoms with van der Waals surface area (Å²) in [5.74, 6) is -0.705. The SMILES string of the molecule is C[C@H]1CN(CC2CN(c3ccc4c(c3)C(=O)N(C3CCC(=O)NC3=O)C4=O)C2)CCN1c1ccc(Nc2cc(-c3ccnc(N4CCc5c(sc6c5CCCC6)C4=O)c3CO)cn(C)c2=O)nc1. The van der Waals surface area contributed by atoms with Crippen molar-refractivity contribution in [2.75, 3.05) is 65.8 Å². The van der Waals surface area contributed by atoms with Crippen molar-refractivity contribution >= 4 is 69.6 Å². The summed E-state index contributed by atoms with van der Waals surface area (Å²) in [5, 5.41) is 16.3. The molecule has 11 rings (SSSR count). The zero-order chi connectivity index (χ0) is 47.0. The zero-order valence-electron chi connectivity index (χ0n) is 38.0. The fourth-order valence-electron chi connectivity index (χ4n) is 11.1. The minimum atomic E-state index is -0.989. The Morgan fingerprint density at radius 3 is 2.41 bits per heavy atom. The van der Waals surface area contributed by atoms with Crippen LogP contribution in [0.25, 0.3) is 11.1 Å². The molecule has 3 saturated heterocycles. The standard InChI is InChI=1S/C50H52N10O7S/c1-28-22-56(23-29-24-57(25-29)31-7-9-36-37(20-31)48(65)60(47(36)64)40-10-12-43(62)54-46(40)63)17-18-58(28)32-8-11-42(52-21-32)53-39-19-30(26-55(2)49(39)66)33-13-15-51-45(38(33)27-61)59-16-14-35-34-5-3-4-6-41(34)68-44(35)50(59)67/h7-9,11,13,15,19-21,26,28-29,40,61H,3-6,10,12,14,16-18,22-25,27H2,1-2H3,(H,52,53)(H,54,62,63)/t28-,40?/m0/s1. The first kappa shape index (κ1) is 43.8. The number of rotatable bonds is 10. The highest BCUT2D eigenvalue weighted by atomic mass is 32.1. The van der Waals surface area contributed by atoms with Crippen LogP contribution in [0.1, 0.15) is 84.6 Å². The lowest BCUT2D eigenvalue weighted by Crippen LogP contribution is -2.57. The van der Waals surface area contributed by atoms with E-state index < -0.39 is 29.7 Å². The number of piperidine rings is 1. The Hall–Kier alpha value is -6.76. The van der Waals surface area contributed by atoms with Crippen LogP contribution in [-0.4, -0.2) is 117 Å². The third-order valence-corrected chi connectivity index (χ3v) is 15.9. The van der Waals surface area contributed by atoms with Crippen molar-refractivity contribution in [3.63, 3.8) is 0 Å². The first-order valence-corrected chi connectivity index (χ1v) is 24.3. The molecule has 18 heteroatoms. The number of nitrogens with zero attached hydrogens (tertiary/aromatic N) is 8. The van der Waals surface area contributed by atoms with Crippen LogP contribution >= 0.6 is 11.3 Å². The van der Waals surface area contributed by atoms with E-state index >= 15 is 0 Å². The van der Waals surface area contributed by atoms with Crippen molar-refractivity contribution in [1.29, 1.82) is 0 Å². The molecule has 5 aliphatic heterocycles. The van der Waals surface area contributed by atoms with Crippen LogP contribution in [0.2, 0.25) is 0 Å². The van der Waals surface area contributed by atoms with Crippen molar-refractivity contribution in [2.45, 2.75) is 70.6 Å². The molecule has 6 aliphatic rings. The molecule has 5 amide bonds. The number of carbonyl (C=O) groups excluding carboxylic acids is 5. The highest BCUT2D eigenvalue weighted by molar-refractivity contribution is 7.14. The van der Waals surface area contributed by atoms with Crippen LogP contribution in [0.15, 0.2) is 65.8 Å². The number of aromatic nitrogens is 3. The quantitative estimate of drug-likeness (QED) is 0.168. The molecule has 68 heavy (non-hydrogen) atoms. The molecule has 4 aromatic heterocycles. The van der Waals surface area contributed by atoms with Gasteiger partial charge in [0.15, 0.2) is 0 Å². The number of benzene rings is 1. The summed E-state index contributed by atoms with van der Waals surface area (Å²) >= 11 is 1.62. The molecule has 1 unspecified atom stereocenters. The van der Waals surface area contributed by atoms with Gasteiger partial charge in [0.1, 0.15) is 23.4 Å². The van der Waals surface area contributed by atoms with Gasteiger partial charge in [-0.15, -0.1) is 11.3 Å². The molecule has 350 valence electrons. The fraction of sp³-hybridized carbons (Fsp3) is 0.400. The van der Waals surface area contributed by atoms with E-state index in [9.17, 15) is 33.9 Å². The zero-order valence-corrected chi connectivity index (χ0v) is 38.8. The minimum Gasteiger partial charge on any atom is -0.392 e. The number of aryl methyl sites for hydroxylation is 2. The van der Waals surface area contributed by atoms with Crippen molar-refractivity contribution < 1.29 is 29.1 Å². The van der Waals surface area contributed by atoms with Gasteiger partial charge in [-0.2, -0.15) is 0 Å². The van der Waals surface area contributed by atoms with Gasteiger partial charge in [-0.25, -0.2) is 9.97 Å². The van der Waals surface area contributed by atoms with Gasteiger partial charge in [-0.05, 0) is 105 Å². The third-order valence-electron chi connectivity index (χ3n) is 14.6. The molecular weight excluding hydrogens is 885 g/mol. The van der Waals surface area contributed by atoms with Crippen LogP contribution < -0.4 is 30.9 Å². The molecule has 17 nitrogen and oxygen atoms in total. The first-order chi connectivity index (χ1) is 32.9. The molecule has 0 spiro atoms. The van der Waals surface area contributed by atoms with Crippen LogP contribution in [0.3, 0.4) is 0 Å². The lowest BCUT2D eigenvalue weighted by atomic mass is 9.92. The Bertz CT molecular complexity index is 2980. The second kappa shape index (κ2) is 17.4. The Morgan fingerprint density at radius 2 is 1.63 bits per heavy atom. The normalized spacial score (nSPS) is 20.9. The Labute approximate surface area is 396 Å². The fourth-order valence-corrected chi connectivity index (χ4v) is 12.5. The van der Waals surface area contributed by atoms with Gasteiger partial charge in [0.05, 0.1) is 34.5 Å². The van der Waals surface area contributed by atoms with E-state index in [1.807, 2.05) is 30.5 Å². The number of thiophene rings is 1. The largest absolute Gasteiger partial charge is 0.392 e. The van der Waals surface area contributed by atoms with Gasteiger partial charge in [-0.1, -0.05) is 0 Å². The lowest BCUT2D eigenvalue weighted by molar-refractivity contribution is -0.136. The number of amides is 5. The number of aliphatic hydroxyl groups excluding tert-OH is 1. The van der Waals surface area contributed by atoms with Crippen LogP contribution in [-0.2, 0) is 42.5 Å². The van der Waals surface area contributed by atoms with Crippen molar-refractivity contribution in [3.8, 4) is 11.1 Å². The van der Waals surface area contributed by atoms with Crippen molar-refractivity contribution in [1.82, 2.24) is 29.7 Å². The third kappa shape index (κ3) is 7.63. The summed E-state index contributed by atoms with van der Waals surface area (Å²) in [6, 6.07) is 12.0. The molecule has 9 heterocycles. The van der Waals surface area contributed by atoms with Gasteiger partial charge in [0, 0.05) is 105 Å². The minimum absolute atomic E-state index is 0.0702. The average molecular weight is 937 g/mol. The second-order valence-electron chi connectivity index (χ2n) is 18.9. The van der Waals surface area contributed by atoms with E-state index in [-0.39, 0.29) is 48.1 Å². The Balaban J connectivity index is 0.709. The maximum atomic E-state index is 14.0. The number of fused-ring (bicyclic) bond motifs is 4. The second-order valence-corrected chi connectivity index (χ2v) is 20.0. The molecular formula is C50H52N10O7S. The van der Waals surface area contributed by atoms with Gasteiger partial charge in [0.2, 0.25) is 11.8 Å². The molecule has 5 aromatic rings. The van der Waals surface area contributed by atoms with Gasteiger partial charge < -0.3 is 24.8 Å². The monoisotopic (exact) mass is 936 g/mol. The van der Waals surface area contributed by atoms with Gasteiger partial charge >= 0.3 is 0 Å². The molecule has 0 bridgehead atoms. The number of anilines is 5. The van der Waals surface area contributed by atoms with E-state index in [1.54, 1.807) is 53.9 Å². The number of nitrogens with one attached hydrogen (secondary N) is 2. The summed E-state index contributed by atoms with van der Waals surface area (Å²) < 4.78 is 1.50. The lowest BCUT2D eigenvalue weighted by Gasteiger charge is -2.46. The Morgan fingerprint density at radius 1 is 0.824 bits per heavy atom. The summed E-state index contributed by atoms with van der Waals surface area (Å²) in [6.07, 6.45) is 10.5.